The molecule has 0 saturated heterocycles. The van der Waals surface area contributed by atoms with Crippen molar-refractivity contribution in [3.63, 3.8) is 0 Å². The molecule has 0 spiro atoms. The molecule has 2 N–H and O–H groups in total. The van der Waals surface area contributed by atoms with Gasteiger partial charge in [-0.25, -0.2) is 0 Å². The van der Waals surface area contributed by atoms with Gasteiger partial charge in [-0.1, -0.05) is 29.8 Å². The summed E-state index contributed by atoms with van der Waals surface area (Å²) in [6, 6.07) is 12.9. The molecule has 0 radical (unpaired) electrons. The van der Waals surface area contributed by atoms with Crippen LogP contribution < -0.4 is 15.6 Å². The van der Waals surface area contributed by atoms with Crippen LogP contribution in [0.1, 0.15) is 11.1 Å². The van der Waals surface area contributed by atoms with Crippen LogP contribution in [0.3, 0.4) is 0 Å². The van der Waals surface area contributed by atoms with Crippen molar-refractivity contribution < 1.29 is 19.2 Å². The molecule has 0 unspecified atom stereocenters. The Balaban J connectivity index is 1.73. The number of nitrogens with zero attached hydrogens (tertiary/aromatic N) is 1. The molecular weight excluding hydrogens is 338 g/mol. The van der Waals surface area contributed by atoms with E-state index in [2.05, 4.69) is 10.9 Å². The third kappa shape index (κ3) is 6.08. The van der Waals surface area contributed by atoms with Crippen LogP contribution in [-0.2, 0) is 9.59 Å². The highest BCUT2D eigenvalue weighted by Gasteiger charge is 2.07. The van der Waals surface area contributed by atoms with Crippen molar-refractivity contribution >= 4 is 23.6 Å². The van der Waals surface area contributed by atoms with Gasteiger partial charge in [0.25, 0.3) is 17.5 Å². The van der Waals surface area contributed by atoms with E-state index in [0.717, 1.165) is 11.1 Å². The van der Waals surface area contributed by atoms with E-state index in [1.54, 1.807) is 6.08 Å². The number of non-ortho nitro benzene ring substituents is 1. The predicted molar refractivity (Wildman–Crippen MR) is 95.1 cm³/mol. The largest absolute Gasteiger partial charge is 0.484 e. The highest BCUT2D eigenvalue weighted by molar-refractivity contribution is 5.93. The average molecular weight is 355 g/mol. The van der Waals surface area contributed by atoms with E-state index in [1.807, 2.05) is 31.2 Å². The quantitative estimate of drug-likeness (QED) is 0.468. The molecule has 0 fully saturated rings. The molecule has 0 aliphatic carbocycles. The first-order valence-corrected chi connectivity index (χ1v) is 7.65. The molecule has 0 aliphatic rings. The second-order valence-electron chi connectivity index (χ2n) is 5.32. The lowest BCUT2D eigenvalue weighted by atomic mass is 10.1. The SMILES string of the molecule is Cc1ccc(/C=C/C(=O)NNC(=O)COc2ccc([N+](=O)[O-])cc2)cc1. The fraction of sp³-hybridized carbons (Fsp3) is 0.111. The third-order valence-corrected chi connectivity index (χ3v) is 3.25. The molecule has 26 heavy (non-hydrogen) atoms. The monoisotopic (exact) mass is 355 g/mol. The summed E-state index contributed by atoms with van der Waals surface area (Å²) in [5, 5.41) is 10.5. The molecule has 0 aliphatic heterocycles. The molecular formula is C18H17N3O5. The van der Waals surface area contributed by atoms with E-state index >= 15 is 0 Å². The van der Waals surface area contributed by atoms with Crippen LogP contribution in [0.25, 0.3) is 6.08 Å². The van der Waals surface area contributed by atoms with Gasteiger partial charge in [0.15, 0.2) is 6.61 Å². The highest BCUT2D eigenvalue weighted by Crippen LogP contribution is 2.16. The Morgan fingerprint density at radius 1 is 1.08 bits per heavy atom. The minimum absolute atomic E-state index is 0.0746. The number of carbonyl (C=O) groups excluding carboxylic acids is 2. The van der Waals surface area contributed by atoms with E-state index in [9.17, 15) is 19.7 Å². The standard InChI is InChI=1S/C18H17N3O5/c1-13-2-4-14(5-3-13)6-11-17(22)19-20-18(23)12-26-16-9-7-15(8-10-16)21(24)25/h2-11H,12H2,1H3,(H,19,22)(H,20,23)/b11-6+. The summed E-state index contributed by atoms with van der Waals surface area (Å²) in [5.41, 5.74) is 6.34. The lowest BCUT2D eigenvalue weighted by Gasteiger charge is -2.07. The van der Waals surface area contributed by atoms with E-state index in [4.69, 9.17) is 4.74 Å². The molecule has 8 nitrogen and oxygen atoms in total. The van der Waals surface area contributed by atoms with Crippen LogP contribution in [0.5, 0.6) is 5.75 Å². The Hall–Kier alpha value is -3.68. The zero-order valence-electron chi connectivity index (χ0n) is 14.0. The highest BCUT2D eigenvalue weighted by atomic mass is 16.6. The van der Waals surface area contributed by atoms with Gasteiger partial charge in [0.2, 0.25) is 0 Å². The first-order valence-electron chi connectivity index (χ1n) is 7.65. The van der Waals surface area contributed by atoms with Crippen LogP contribution in [0.4, 0.5) is 5.69 Å². The molecule has 2 aromatic carbocycles. The number of nitrogens with one attached hydrogen (secondary N) is 2. The Bertz CT molecular complexity index is 814. The number of hydrogen-bond donors (Lipinski definition) is 2. The predicted octanol–water partition coefficient (Wildman–Crippen LogP) is 2.14. The van der Waals surface area contributed by atoms with E-state index in [0.29, 0.717) is 5.75 Å². The summed E-state index contributed by atoms with van der Waals surface area (Å²) in [6.07, 6.45) is 2.91. The van der Waals surface area contributed by atoms with E-state index in [-0.39, 0.29) is 12.3 Å². The Kier molecular flexibility index (Phi) is 6.44. The first-order chi connectivity index (χ1) is 12.4. The number of hydrogen-bond acceptors (Lipinski definition) is 5. The summed E-state index contributed by atoms with van der Waals surface area (Å²) in [7, 11) is 0. The Morgan fingerprint density at radius 2 is 1.73 bits per heavy atom. The summed E-state index contributed by atoms with van der Waals surface area (Å²) in [4.78, 5) is 33.3. The van der Waals surface area contributed by atoms with Gasteiger partial charge in [-0.15, -0.1) is 0 Å². The normalized spacial score (nSPS) is 10.3. The van der Waals surface area contributed by atoms with Crippen molar-refractivity contribution in [1.82, 2.24) is 10.9 Å². The van der Waals surface area contributed by atoms with Crippen LogP contribution in [-0.4, -0.2) is 23.3 Å². The zero-order valence-corrected chi connectivity index (χ0v) is 14.0. The van der Waals surface area contributed by atoms with Crippen molar-refractivity contribution in [2.24, 2.45) is 0 Å². The third-order valence-electron chi connectivity index (χ3n) is 3.25. The van der Waals surface area contributed by atoms with Crippen LogP contribution >= 0.6 is 0 Å². The number of nitro benzene ring substituents is 1. The maximum absolute atomic E-state index is 11.6. The van der Waals surface area contributed by atoms with Gasteiger partial charge in [-0.05, 0) is 30.7 Å². The molecule has 8 heteroatoms. The molecule has 0 aromatic heterocycles. The summed E-state index contributed by atoms with van der Waals surface area (Å²) in [5.74, 6) is -0.758. The first kappa shape index (κ1) is 18.7. The van der Waals surface area contributed by atoms with Crippen molar-refractivity contribution in [3.8, 4) is 5.75 Å². The van der Waals surface area contributed by atoms with Crippen molar-refractivity contribution in [1.29, 1.82) is 0 Å². The Labute approximate surface area is 149 Å². The van der Waals surface area contributed by atoms with Gasteiger partial charge in [0.1, 0.15) is 5.75 Å². The number of aryl methyl sites for hydroxylation is 1. The van der Waals surface area contributed by atoms with Gasteiger partial charge >= 0.3 is 0 Å². The maximum Gasteiger partial charge on any atom is 0.276 e. The Morgan fingerprint density at radius 3 is 2.35 bits per heavy atom. The van der Waals surface area contributed by atoms with Gasteiger partial charge < -0.3 is 4.74 Å². The van der Waals surface area contributed by atoms with Crippen LogP contribution in [0.2, 0.25) is 0 Å². The van der Waals surface area contributed by atoms with Crippen LogP contribution in [0.15, 0.2) is 54.6 Å². The number of benzene rings is 2. The molecule has 0 bridgehead atoms. The van der Waals surface area contributed by atoms with Crippen molar-refractivity contribution in [2.75, 3.05) is 6.61 Å². The number of hydrazine groups is 1. The van der Waals surface area contributed by atoms with Gasteiger partial charge in [-0.3, -0.25) is 30.6 Å². The number of nitro groups is 1. The molecule has 2 aromatic rings. The van der Waals surface area contributed by atoms with Crippen molar-refractivity contribution in [2.45, 2.75) is 6.92 Å². The molecule has 0 atom stereocenters. The van der Waals surface area contributed by atoms with Crippen molar-refractivity contribution in [3.05, 3.63) is 75.8 Å². The lowest BCUT2D eigenvalue weighted by Crippen LogP contribution is -2.43. The lowest BCUT2D eigenvalue weighted by molar-refractivity contribution is -0.384. The van der Waals surface area contributed by atoms with Gasteiger partial charge in [-0.2, -0.15) is 0 Å². The summed E-state index contributed by atoms with van der Waals surface area (Å²) < 4.78 is 5.17. The fourth-order valence-electron chi connectivity index (χ4n) is 1.87. The number of amides is 2. The summed E-state index contributed by atoms with van der Waals surface area (Å²) >= 11 is 0. The minimum Gasteiger partial charge on any atom is -0.484 e. The summed E-state index contributed by atoms with van der Waals surface area (Å²) in [6.45, 7) is 1.62. The zero-order chi connectivity index (χ0) is 18.9. The molecule has 2 rings (SSSR count). The number of ether oxygens (including phenoxy) is 1. The number of rotatable bonds is 6. The smallest absolute Gasteiger partial charge is 0.276 e. The molecule has 2 amide bonds. The van der Waals surface area contributed by atoms with E-state index < -0.39 is 16.7 Å². The second kappa shape index (κ2) is 8.97. The van der Waals surface area contributed by atoms with Crippen LogP contribution in [0, 0.1) is 17.0 Å². The maximum atomic E-state index is 11.6. The molecule has 0 saturated carbocycles. The molecule has 134 valence electrons. The van der Waals surface area contributed by atoms with E-state index in [1.165, 1.54) is 30.3 Å². The van der Waals surface area contributed by atoms with Gasteiger partial charge in [0.05, 0.1) is 4.92 Å². The topological polar surface area (TPSA) is 111 Å². The fourth-order valence-corrected chi connectivity index (χ4v) is 1.87. The molecule has 0 heterocycles. The second-order valence-corrected chi connectivity index (χ2v) is 5.32. The number of carbonyl (C=O) groups is 2. The van der Waals surface area contributed by atoms with Gasteiger partial charge in [0, 0.05) is 18.2 Å². The average Bonchev–Trinajstić information content (AvgIpc) is 2.64. The minimum atomic E-state index is -0.569.